The number of thiophene rings is 1. The highest BCUT2D eigenvalue weighted by Crippen LogP contribution is 2.24. The maximum absolute atomic E-state index is 3.49. The molecule has 0 radical (unpaired) electrons. The highest BCUT2D eigenvalue weighted by Gasteiger charge is 1.99. The van der Waals surface area contributed by atoms with E-state index in [0.717, 1.165) is 26.2 Å². The fourth-order valence-corrected chi connectivity index (χ4v) is 2.88. The normalized spacial score (nSPS) is 11.1. The van der Waals surface area contributed by atoms with Gasteiger partial charge in [-0.1, -0.05) is 25.1 Å². The van der Waals surface area contributed by atoms with Gasteiger partial charge in [-0.3, -0.25) is 0 Å². The summed E-state index contributed by atoms with van der Waals surface area (Å²) in [5.41, 5.74) is 0. The lowest BCUT2D eigenvalue weighted by Gasteiger charge is -2.03. The zero-order valence-electron chi connectivity index (χ0n) is 10.3. The number of hydrogen-bond acceptors (Lipinski definition) is 3. The molecule has 2 rings (SSSR count). The minimum atomic E-state index is 0.992. The summed E-state index contributed by atoms with van der Waals surface area (Å²) in [7, 11) is 0. The van der Waals surface area contributed by atoms with Crippen LogP contribution in [-0.2, 0) is 6.54 Å². The summed E-state index contributed by atoms with van der Waals surface area (Å²) in [5, 5.41) is 8.19. The summed E-state index contributed by atoms with van der Waals surface area (Å²) < 4.78 is 1.39. The van der Waals surface area contributed by atoms with Gasteiger partial charge in [0.2, 0.25) is 0 Å². The molecule has 0 atom stereocenters. The molecule has 1 aromatic carbocycles. The standard InChI is InChI=1S/C14H20N2S/c1-2-15-8-5-9-16-11-13-10-12-6-3-4-7-14(12)17-13/h3-4,6-7,10,15-16H,2,5,8-9,11H2,1H3. The van der Waals surface area contributed by atoms with Crippen LogP contribution < -0.4 is 10.6 Å². The molecule has 0 saturated heterocycles. The SMILES string of the molecule is CCNCCCNCc1cc2ccccc2s1. The molecule has 0 bridgehead atoms. The summed E-state index contributed by atoms with van der Waals surface area (Å²) in [4.78, 5) is 1.43. The number of fused-ring (bicyclic) bond motifs is 1. The van der Waals surface area contributed by atoms with Crippen LogP contribution in [0.15, 0.2) is 30.3 Å². The smallest absolute Gasteiger partial charge is 0.0346 e. The van der Waals surface area contributed by atoms with Crippen LogP contribution in [-0.4, -0.2) is 19.6 Å². The van der Waals surface area contributed by atoms with Crippen molar-refractivity contribution in [2.45, 2.75) is 19.9 Å². The van der Waals surface area contributed by atoms with Crippen LogP contribution >= 0.6 is 11.3 Å². The van der Waals surface area contributed by atoms with Gasteiger partial charge in [-0.25, -0.2) is 0 Å². The van der Waals surface area contributed by atoms with E-state index >= 15 is 0 Å². The molecule has 0 amide bonds. The van der Waals surface area contributed by atoms with Gasteiger partial charge in [-0.15, -0.1) is 11.3 Å². The molecule has 0 aliphatic carbocycles. The zero-order chi connectivity index (χ0) is 11.9. The van der Waals surface area contributed by atoms with E-state index in [9.17, 15) is 0 Å². The molecule has 2 aromatic rings. The Morgan fingerprint density at radius 1 is 1.12 bits per heavy atom. The maximum atomic E-state index is 3.49. The fraction of sp³-hybridized carbons (Fsp3) is 0.429. The third-order valence-electron chi connectivity index (χ3n) is 2.73. The van der Waals surface area contributed by atoms with Crippen LogP contribution in [0.5, 0.6) is 0 Å². The molecule has 0 aliphatic heterocycles. The van der Waals surface area contributed by atoms with E-state index in [1.165, 1.54) is 21.4 Å². The molecule has 92 valence electrons. The number of rotatable bonds is 7. The molecule has 1 aromatic heterocycles. The Balaban J connectivity index is 1.75. The van der Waals surface area contributed by atoms with Crippen LogP contribution in [0, 0.1) is 0 Å². The highest BCUT2D eigenvalue weighted by molar-refractivity contribution is 7.19. The summed E-state index contributed by atoms with van der Waals surface area (Å²) in [5.74, 6) is 0. The Hall–Kier alpha value is -0.900. The lowest BCUT2D eigenvalue weighted by molar-refractivity contribution is 0.609. The predicted octanol–water partition coefficient (Wildman–Crippen LogP) is 2.99. The molecule has 17 heavy (non-hydrogen) atoms. The molecule has 0 spiro atoms. The molecule has 0 aliphatic rings. The maximum Gasteiger partial charge on any atom is 0.0346 e. The van der Waals surface area contributed by atoms with E-state index in [2.05, 4.69) is 47.9 Å². The van der Waals surface area contributed by atoms with Crippen molar-refractivity contribution in [3.63, 3.8) is 0 Å². The third kappa shape index (κ3) is 3.80. The highest BCUT2D eigenvalue weighted by atomic mass is 32.1. The minimum Gasteiger partial charge on any atom is -0.317 e. The molecule has 0 fully saturated rings. The van der Waals surface area contributed by atoms with Crippen molar-refractivity contribution in [1.29, 1.82) is 0 Å². The molecule has 0 saturated carbocycles. The Morgan fingerprint density at radius 2 is 1.94 bits per heavy atom. The van der Waals surface area contributed by atoms with Crippen molar-refractivity contribution in [3.05, 3.63) is 35.2 Å². The van der Waals surface area contributed by atoms with Gasteiger partial charge in [0.05, 0.1) is 0 Å². The second-order valence-corrected chi connectivity index (χ2v) is 5.30. The monoisotopic (exact) mass is 248 g/mol. The first kappa shape index (κ1) is 12.6. The molecular weight excluding hydrogens is 228 g/mol. The van der Waals surface area contributed by atoms with Gasteiger partial charge >= 0.3 is 0 Å². The van der Waals surface area contributed by atoms with Crippen LogP contribution in [0.25, 0.3) is 10.1 Å². The van der Waals surface area contributed by atoms with Gasteiger partial charge in [0.1, 0.15) is 0 Å². The van der Waals surface area contributed by atoms with Crippen molar-refractivity contribution in [2.75, 3.05) is 19.6 Å². The number of benzene rings is 1. The summed E-state index contributed by atoms with van der Waals surface area (Å²) in [6.45, 7) is 6.39. The van der Waals surface area contributed by atoms with Gasteiger partial charge in [0.15, 0.2) is 0 Å². The Bertz CT molecular complexity index is 417. The second kappa shape index (κ2) is 6.74. The van der Waals surface area contributed by atoms with Gasteiger partial charge in [-0.2, -0.15) is 0 Å². The Kier molecular flexibility index (Phi) is 4.98. The lowest BCUT2D eigenvalue weighted by atomic mass is 10.2. The van der Waals surface area contributed by atoms with Crippen molar-refractivity contribution in [2.24, 2.45) is 0 Å². The van der Waals surface area contributed by atoms with E-state index in [-0.39, 0.29) is 0 Å². The average molecular weight is 248 g/mol. The average Bonchev–Trinajstić information content (AvgIpc) is 2.76. The zero-order valence-corrected chi connectivity index (χ0v) is 11.1. The number of hydrogen-bond donors (Lipinski definition) is 2. The largest absolute Gasteiger partial charge is 0.317 e. The van der Waals surface area contributed by atoms with Crippen molar-refractivity contribution in [1.82, 2.24) is 10.6 Å². The van der Waals surface area contributed by atoms with Gasteiger partial charge in [0.25, 0.3) is 0 Å². The van der Waals surface area contributed by atoms with Gasteiger partial charge in [-0.05, 0) is 43.6 Å². The van der Waals surface area contributed by atoms with E-state index < -0.39 is 0 Å². The first-order valence-electron chi connectivity index (χ1n) is 6.29. The lowest BCUT2D eigenvalue weighted by Crippen LogP contribution is -2.21. The topological polar surface area (TPSA) is 24.1 Å². The van der Waals surface area contributed by atoms with Gasteiger partial charge in [0, 0.05) is 16.1 Å². The van der Waals surface area contributed by atoms with Crippen LogP contribution in [0.1, 0.15) is 18.2 Å². The van der Waals surface area contributed by atoms with E-state index in [0.29, 0.717) is 0 Å². The first-order chi connectivity index (χ1) is 8.40. The Labute approximate surface area is 107 Å². The minimum absolute atomic E-state index is 0.992. The molecule has 2 N–H and O–H groups in total. The predicted molar refractivity (Wildman–Crippen MR) is 76.7 cm³/mol. The first-order valence-corrected chi connectivity index (χ1v) is 7.10. The van der Waals surface area contributed by atoms with Gasteiger partial charge < -0.3 is 10.6 Å². The summed E-state index contributed by atoms with van der Waals surface area (Å²) >= 11 is 1.89. The summed E-state index contributed by atoms with van der Waals surface area (Å²) in [6.07, 6.45) is 1.19. The Morgan fingerprint density at radius 3 is 2.76 bits per heavy atom. The van der Waals surface area contributed by atoms with Crippen LogP contribution in [0.2, 0.25) is 0 Å². The van der Waals surface area contributed by atoms with E-state index in [4.69, 9.17) is 0 Å². The summed E-state index contributed by atoms with van der Waals surface area (Å²) in [6, 6.07) is 10.9. The molecule has 2 nitrogen and oxygen atoms in total. The third-order valence-corrected chi connectivity index (χ3v) is 3.85. The quantitative estimate of drug-likeness (QED) is 0.736. The molecule has 1 heterocycles. The van der Waals surface area contributed by atoms with E-state index in [1.807, 2.05) is 11.3 Å². The van der Waals surface area contributed by atoms with Crippen LogP contribution in [0.4, 0.5) is 0 Å². The molecule has 3 heteroatoms. The van der Waals surface area contributed by atoms with E-state index in [1.54, 1.807) is 0 Å². The van der Waals surface area contributed by atoms with Crippen molar-refractivity contribution in [3.8, 4) is 0 Å². The number of nitrogens with one attached hydrogen (secondary N) is 2. The van der Waals surface area contributed by atoms with Crippen molar-refractivity contribution >= 4 is 21.4 Å². The molecular formula is C14H20N2S. The molecule has 0 unspecified atom stereocenters. The fourth-order valence-electron chi connectivity index (χ4n) is 1.85. The second-order valence-electron chi connectivity index (χ2n) is 4.13. The van der Waals surface area contributed by atoms with Crippen molar-refractivity contribution < 1.29 is 0 Å². The van der Waals surface area contributed by atoms with Crippen LogP contribution in [0.3, 0.4) is 0 Å².